The minimum absolute atomic E-state index is 0.0652. The second-order valence-corrected chi connectivity index (χ2v) is 4.64. The van der Waals surface area contributed by atoms with Gasteiger partial charge in [-0.05, 0) is 46.3 Å². The second kappa shape index (κ2) is 5.27. The molecule has 0 bridgehead atoms. The maximum Gasteiger partial charge on any atom is 0.255 e. The summed E-state index contributed by atoms with van der Waals surface area (Å²) in [6.45, 7) is 0. The van der Waals surface area contributed by atoms with Gasteiger partial charge in [0.1, 0.15) is 5.75 Å². The summed E-state index contributed by atoms with van der Waals surface area (Å²) in [6.07, 6.45) is 0. The highest BCUT2D eigenvalue weighted by molar-refractivity contribution is 9.10. The molecule has 0 aliphatic heterocycles. The van der Waals surface area contributed by atoms with Crippen molar-refractivity contribution < 1.29 is 19.4 Å². The van der Waals surface area contributed by atoms with E-state index in [0.717, 1.165) is 12.1 Å². The van der Waals surface area contributed by atoms with E-state index in [1.165, 1.54) is 24.3 Å². The summed E-state index contributed by atoms with van der Waals surface area (Å²) in [5.41, 5.74) is 0.442. The van der Waals surface area contributed by atoms with Crippen LogP contribution in [0, 0.1) is 5.82 Å². The number of phenolic OH excluding ortho intramolecular Hbond substituents is 2. The van der Waals surface area contributed by atoms with Crippen molar-refractivity contribution in [2.75, 3.05) is 5.32 Å². The fourth-order valence-corrected chi connectivity index (χ4v) is 1.69. The number of benzene rings is 2. The third-order valence-corrected chi connectivity index (χ3v) is 3.08. The zero-order valence-corrected chi connectivity index (χ0v) is 11.1. The molecule has 0 fully saturated rings. The number of carbonyl (C=O) groups is 1. The molecule has 1 amide bonds. The Morgan fingerprint density at radius 2 is 1.84 bits per heavy atom. The molecular formula is C13H9BrFNO3. The Balaban J connectivity index is 2.20. The first-order valence-electron chi connectivity index (χ1n) is 5.26. The Labute approximate surface area is 116 Å². The van der Waals surface area contributed by atoms with Crippen molar-refractivity contribution in [2.24, 2.45) is 0 Å². The van der Waals surface area contributed by atoms with Crippen LogP contribution in [0.25, 0.3) is 0 Å². The molecule has 0 atom stereocenters. The zero-order valence-electron chi connectivity index (χ0n) is 9.52. The summed E-state index contributed by atoms with van der Waals surface area (Å²) >= 11 is 3.10. The third-order valence-electron chi connectivity index (χ3n) is 2.41. The first-order chi connectivity index (χ1) is 8.97. The Kier molecular flexibility index (Phi) is 3.71. The number of carbonyl (C=O) groups excluding carboxylic acids is 1. The fourth-order valence-electron chi connectivity index (χ4n) is 1.44. The summed E-state index contributed by atoms with van der Waals surface area (Å²) < 4.78 is 13.6. The molecule has 0 heterocycles. The SMILES string of the molecule is O=C(Nc1ccc(O)c(F)c1)c1ccc(Br)c(O)c1. The molecule has 4 nitrogen and oxygen atoms in total. The van der Waals surface area contributed by atoms with Crippen LogP contribution in [0.2, 0.25) is 0 Å². The molecule has 0 saturated carbocycles. The van der Waals surface area contributed by atoms with Crippen molar-refractivity contribution in [1.29, 1.82) is 0 Å². The number of halogens is 2. The van der Waals surface area contributed by atoms with Gasteiger partial charge in [-0.1, -0.05) is 0 Å². The number of anilines is 1. The Morgan fingerprint density at radius 3 is 2.47 bits per heavy atom. The van der Waals surface area contributed by atoms with Crippen molar-refractivity contribution in [3.63, 3.8) is 0 Å². The van der Waals surface area contributed by atoms with E-state index < -0.39 is 17.5 Å². The van der Waals surface area contributed by atoms with Gasteiger partial charge < -0.3 is 15.5 Å². The normalized spacial score (nSPS) is 10.2. The lowest BCUT2D eigenvalue weighted by atomic mass is 10.2. The lowest BCUT2D eigenvalue weighted by Crippen LogP contribution is -2.11. The van der Waals surface area contributed by atoms with Gasteiger partial charge in [-0.2, -0.15) is 0 Å². The van der Waals surface area contributed by atoms with Gasteiger partial charge in [0.2, 0.25) is 0 Å². The van der Waals surface area contributed by atoms with Gasteiger partial charge in [0.25, 0.3) is 5.91 Å². The van der Waals surface area contributed by atoms with E-state index >= 15 is 0 Å². The van der Waals surface area contributed by atoms with E-state index in [2.05, 4.69) is 21.2 Å². The van der Waals surface area contributed by atoms with E-state index in [9.17, 15) is 14.3 Å². The summed E-state index contributed by atoms with van der Waals surface area (Å²) in [7, 11) is 0. The molecule has 0 aliphatic rings. The van der Waals surface area contributed by atoms with Crippen molar-refractivity contribution in [1.82, 2.24) is 0 Å². The number of aromatic hydroxyl groups is 2. The molecule has 2 aromatic carbocycles. The maximum absolute atomic E-state index is 13.1. The van der Waals surface area contributed by atoms with Gasteiger partial charge in [-0.25, -0.2) is 4.39 Å². The number of hydrogen-bond acceptors (Lipinski definition) is 3. The van der Waals surface area contributed by atoms with Gasteiger partial charge >= 0.3 is 0 Å². The van der Waals surface area contributed by atoms with Gasteiger partial charge in [-0.3, -0.25) is 4.79 Å². The minimum atomic E-state index is -0.823. The monoisotopic (exact) mass is 325 g/mol. The Morgan fingerprint density at radius 1 is 1.11 bits per heavy atom. The van der Waals surface area contributed by atoms with E-state index in [4.69, 9.17) is 5.11 Å². The summed E-state index contributed by atoms with van der Waals surface area (Å²) in [5.74, 6) is -1.87. The highest BCUT2D eigenvalue weighted by Gasteiger charge is 2.10. The van der Waals surface area contributed by atoms with Crippen molar-refractivity contribution in [2.45, 2.75) is 0 Å². The number of nitrogens with one attached hydrogen (secondary N) is 1. The van der Waals surface area contributed by atoms with E-state index in [1.807, 2.05) is 0 Å². The van der Waals surface area contributed by atoms with Crippen LogP contribution < -0.4 is 5.32 Å². The largest absolute Gasteiger partial charge is 0.507 e. The summed E-state index contributed by atoms with van der Waals surface area (Å²) in [6, 6.07) is 7.85. The Bertz CT molecular complexity index is 646. The number of rotatable bonds is 2. The number of hydrogen-bond donors (Lipinski definition) is 3. The molecule has 2 aromatic rings. The van der Waals surface area contributed by atoms with Crippen LogP contribution >= 0.6 is 15.9 Å². The van der Waals surface area contributed by atoms with Crippen molar-refractivity contribution >= 4 is 27.5 Å². The quantitative estimate of drug-likeness (QED) is 0.742. The Hall–Kier alpha value is -2.08. The van der Waals surface area contributed by atoms with Gasteiger partial charge in [0, 0.05) is 17.3 Å². The van der Waals surface area contributed by atoms with Crippen LogP contribution in [0.15, 0.2) is 40.9 Å². The molecule has 0 aromatic heterocycles. The predicted molar refractivity (Wildman–Crippen MR) is 71.8 cm³/mol. The van der Waals surface area contributed by atoms with Crippen molar-refractivity contribution in [3.05, 3.63) is 52.3 Å². The molecule has 6 heteroatoms. The highest BCUT2D eigenvalue weighted by Crippen LogP contribution is 2.25. The smallest absolute Gasteiger partial charge is 0.255 e. The molecular weight excluding hydrogens is 317 g/mol. The van der Waals surface area contributed by atoms with E-state index in [0.29, 0.717) is 4.47 Å². The van der Waals surface area contributed by atoms with Crippen LogP contribution in [-0.4, -0.2) is 16.1 Å². The molecule has 0 aliphatic carbocycles. The molecule has 3 N–H and O–H groups in total. The number of phenols is 2. The van der Waals surface area contributed by atoms with Gasteiger partial charge in [-0.15, -0.1) is 0 Å². The third kappa shape index (κ3) is 3.03. The molecule has 98 valence electrons. The minimum Gasteiger partial charge on any atom is -0.507 e. The van der Waals surface area contributed by atoms with Crippen LogP contribution in [0.5, 0.6) is 11.5 Å². The van der Waals surface area contributed by atoms with Gasteiger partial charge in [0.05, 0.1) is 4.47 Å². The molecule has 19 heavy (non-hydrogen) atoms. The van der Waals surface area contributed by atoms with Crippen LogP contribution in [0.4, 0.5) is 10.1 Å². The lowest BCUT2D eigenvalue weighted by Gasteiger charge is -2.07. The summed E-state index contributed by atoms with van der Waals surface area (Å²) in [4.78, 5) is 11.9. The van der Waals surface area contributed by atoms with Crippen LogP contribution in [-0.2, 0) is 0 Å². The molecule has 0 saturated heterocycles. The average Bonchev–Trinajstić information content (AvgIpc) is 2.37. The molecule has 0 radical (unpaired) electrons. The van der Waals surface area contributed by atoms with Crippen LogP contribution in [0.3, 0.4) is 0 Å². The van der Waals surface area contributed by atoms with E-state index in [-0.39, 0.29) is 17.0 Å². The maximum atomic E-state index is 13.1. The fraction of sp³-hybridized carbons (Fsp3) is 0. The van der Waals surface area contributed by atoms with Gasteiger partial charge in [0.15, 0.2) is 11.6 Å². The standard InChI is InChI=1S/C13H9BrFNO3/c14-9-3-1-7(5-12(9)18)13(19)16-8-2-4-11(17)10(15)6-8/h1-6,17-18H,(H,16,19). The first-order valence-corrected chi connectivity index (χ1v) is 6.05. The zero-order chi connectivity index (χ0) is 14.0. The van der Waals surface area contributed by atoms with E-state index in [1.54, 1.807) is 0 Å². The predicted octanol–water partition coefficient (Wildman–Crippen LogP) is 3.25. The van der Waals surface area contributed by atoms with Crippen LogP contribution in [0.1, 0.15) is 10.4 Å². The highest BCUT2D eigenvalue weighted by atomic mass is 79.9. The molecule has 0 unspecified atom stereocenters. The first kappa shape index (κ1) is 13.4. The second-order valence-electron chi connectivity index (χ2n) is 3.79. The molecule has 0 spiro atoms. The average molecular weight is 326 g/mol. The molecule has 2 rings (SSSR count). The number of amides is 1. The summed E-state index contributed by atoms with van der Waals surface area (Å²) in [5, 5.41) is 21.0. The topological polar surface area (TPSA) is 69.6 Å². The van der Waals surface area contributed by atoms with Crippen molar-refractivity contribution in [3.8, 4) is 11.5 Å². The lowest BCUT2D eigenvalue weighted by molar-refractivity contribution is 0.102.